The number of aromatic nitrogens is 1. The van der Waals surface area contributed by atoms with Gasteiger partial charge in [0.25, 0.3) is 0 Å². The summed E-state index contributed by atoms with van der Waals surface area (Å²) in [5.74, 6) is 0. The van der Waals surface area contributed by atoms with Gasteiger partial charge in [-0.2, -0.15) is 0 Å². The molecule has 2 heteroatoms. The molecule has 1 aromatic carbocycles. The van der Waals surface area contributed by atoms with Crippen molar-refractivity contribution in [1.82, 2.24) is 10.3 Å². The van der Waals surface area contributed by atoms with Gasteiger partial charge in [0.2, 0.25) is 0 Å². The first-order valence-electron chi connectivity index (χ1n) is 5.51. The van der Waals surface area contributed by atoms with Crippen LogP contribution < -0.4 is 5.32 Å². The summed E-state index contributed by atoms with van der Waals surface area (Å²) in [6.07, 6.45) is 5.65. The second-order valence-corrected chi connectivity index (χ2v) is 3.71. The minimum Gasteiger partial charge on any atom is -0.312 e. The zero-order chi connectivity index (χ0) is 11.1. The van der Waals surface area contributed by atoms with Crippen molar-refractivity contribution in [2.75, 3.05) is 6.54 Å². The molecule has 2 aromatic rings. The van der Waals surface area contributed by atoms with Crippen LogP contribution in [0, 0.1) is 6.20 Å². The van der Waals surface area contributed by atoms with E-state index in [1.807, 2.05) is 18.2 Å². The van der Waals surface area contributed by atoms with Gasteiger partial charge in [0.1, 0.15) is 0 Å². The largest absolute Gasteiger partial charge is 0.312 e. The summed E-state index contributed by atoms with van der Waals surface area (Å²) in [4.78, 5) is 3.88. The van der Waals surface area contributed by atoms with Gasteiger partial charge in [0, 0.05) is 12.7 Å². The molecule has 0 aliphatic carbocycles. The summed E-state index contributed by atoms with van der Waals surface area (Å²) < 4.78 is 0. The topological polar surface area (TPSA) is 24.9 Å². The van der Waals surface area contributed by atoms with Crippen LogP contribution >= 0.6 is 0 Å². The van der Waals surface area contributed by atoms with E-state index in [0.29, 0.717) is 0 Å². The van der Waals surface area contributed by atoms with Crippen LogP contribution in [-0.4, -0.2) is 11.5 Å². The van der Waals surface area contributed by atoms with Crippen molar-refractivity contribution in [1.29, 1.82) is 0 Å². The number of hydrogen-bond donors (Lipinski definition) is 1. The molecule has 0 aliphatic rings. The van der Waals surface area contributed by atoms with Gasteiger partial charge in [-0.3, -0.25) is 4.98 Å². The zero-order valence-electron chi connectivity index (χ0n) is 9.19. The highest BCUT2D eigenvalue weighted by atomic mass is 14.8. The fourth-order valence-corrected chi connectivity index (χ4v) is 1.56. The van der Waals surface area contributed by atoms with E-state index in [9.17, 15) is 0 Å². The molecule has 0 atom stereocenters. The number of pyridine rings is 1. The van der Waals surface area contributed by atoms with Crippen LogP contribution in [0.3, 0.4) is 0 Å². The lowest BCUT2D eigenvalue weighted by Gasteiger charge is -2.04. The standard InChI is InChI=1S/C14H15N2/c1-2-4-14(5-3-1)12-16-11-8-13-6-9-15-10-7-13/h1-7,9,16H,8,11-12H2. The molecule has 0 amide bonds. The maximum atomic E-state index is 3.88. The summed E-state index contributed by atoms with van der Waals surface area (Å²) in [5, 5.41) is 3.42. The summed E-state index contributed by atoms with van der Waals surface area (Å²) >= 11 is 0. The lowest BCUT2D eigenvalue weighted by molar-refractivity contribution is 0.686. The van der Waals surface area contributed by atoms with Crippen molar-refractivity contribution >= 4 is 0 Å². The Morgan fingerprint density at radius 1 is 1.06 bits per heavy atom. The molecule has 0 saturated heterocycles. The third-order valence-electron chi connectivity index (χ3n) is 2.45. The number of rotatable bonds is 5. The number of hydrogen-bond acceptors (Lipinski definition) is 2. The fraction of sp³-hybridized carbons (Fsp3) is 0.214. The second-order valence-electron chi connectivity index (χ2n) is 3.71. The van der Waals surface area contributed by atoms with E-state index in [4.69, 9.17) is 0 Å². The SMILES string of the molecule is [c]1cc(CCNCc2ccccc2)ccn1. The Labute approximate surface area is 96.4 Å². The minimum atomic E-state index is 0.926. The zero-order valence-corrected chi connectivity index (χ0v) is 9.19. The predicted octanol–water partition coefficient (Wildman–Crippen LogP) is 2.21. The van der Waals surface area contributed by atoms with E-state index in [0.717, 1.165) is 19.5 Å². The molecular formula is C14H15N2. The van der Waals surface area contributed by atoms with Gasteiger partial charge in [-0.1, -0.05) is 30.3 Å². The number of nitrogens with zero attached hydrogens (tertiary/aromatic N) is 1. The van der Waals surface area contributed by atoms with Crippen LogP contribution in [0.1, 0.15) is 11.1 Å². The maximum Gasteiger partial charge on any atom is 0.0888 e. The van der Waals surface area contributed by atoms with Crippen LogP contribution in [0.15, 0.2) is 48.7 Å². The summed E-state index contributed by atoms with van der Waals surface area (Å²) in [6, 6.07) is 14.4. The average molecular weight is 211 g/mol. The average Bonchev–Trinajstić information content (AvgIpc) is 2.37. The fourth-order valence-electron chi connectivity index (χ4n) is 1.56. The number of benzene rings is 1. The van der Waals surface area contributed by atoms with E-state index in [2.05, 4.69) is 40.8 Å². The summed E-state index contributed by atoms with van der Waals surface area (Å²) in [7, 11) is 0. The summed E-state index contributed by atoms with van der Waals surface area (Å²) in [5.41, 5.74) is 2.60. The van der Waals surface area contributed by atoms with Crippen molar-refractivity contribution in [2.45, 2.75) is 13.0 Å². The lowest BCUT2D eigenvalue weighted by atomic mass is 10.2. The smallest absolute Gasteiger partial charge is 0.0888 e. The molecule has 0 fully saturated rings. The second kappa shape index (κ2) is 6.03. The van der Waals surface area contributed by atoms with Crippen LogP contribution in [-0.2, 0) is 13.0 Å². The molecule has 1 heterocycles. The highest BCUT2D eigenvalue weighted by molar-refractivity contribution is 5.14. The van der Waals surface area contributed by atoms with Crippen molar-refractivity contribution in [3.8, 4) is 0 Å². The molecule has 0 unspecified atom stereocenters. The summed E-state index contributed by atoms with van der Waals surface area (Å²) in [6.45, 7) is 1.91. The third-order valence-corrected chi connectivity index (χ3v) is 2.45. The Balaban J connectivity index is 1.70. The van der Waals surface area contributed by atoms with Gasteiger partial charge in [0.15, 0.2) is 0 Å². The number of nitrogens with one attached hydrogen (secondary N) is 1. The van der Waals surface area contributed by atoms with E-state index in [1.165, 1.54) is 11.1 Å². The molecule has 2 rings (SSSR count). The van der Waals surface area contributed by atoms with Crippen LogP contribution in [0.2, 0.25) is 0 Å². The molecule has 0 spiro atoms. The van der Waals surface area contributed by atoms with Gasteiger partial charge in [-0.15, -0.1) is 0 Å². The van der Waals surface area contributed by atoms with Crippen LogP contribution in [0.4, 0.5) is 0 Å². The normalized spacial score (nSPS) is 10.2. The van der Waals surface area contributed by atoms with E-state index in [1.54, 1.807) is 6.20 Å². The van der Waals surface area contributed by atoms with Crippen molar-refractivity contribution in [2.24, 2.45) is 0 Å². The molecule has 1 N–H and O–H groups in total. The molecule has 0 aliphatic heterocycles. The minimum absolute atomic E-state index is 0.926. The van der Waals surface area contributed by atoms with Crippen molar-refractivity contribution in [3.05, 3.63) is 66.0 Å². The molecule has 0 bridgehead atoms. The Morgan fingerprint density at radius 2 is 1.94 bits per heavy atom. The lowest BCUT2D eigenvalue weighted by Crippen LogP contribution is -2.16. The Kier molecular flexibility index (Phi) is 4.08. The van der Waals surface area contributed by atoms with E-state index >= 15 is 0 Å². The van der Waals surface area contributed by atoms with E-state index in [-0.39, 0.29) is 0 Å². The maximum absolute atomic E-state index is 3.88. The van der Waals surface area contributed by atoms with Crippen molar-refractivity contribution in [3.63, 3.8) is 0 Å². The Hall–Kier alpha value is -1.67. The predicted molar refractivity (Wildman–Crippen MR) is 64.9 cm³/mol. The highest BCUT2D eigenvalue weighted by Gasteiger charge is 1.93. The molecule has 1 aromatic heterocycles. The molecule has 16 heavy (non-hydrogen) atoms. The van der Waals surface area contributed by atoms with Crippen LogP contribution in [0.5, 0.6) is 0 Å². The molecule has 2 nitrogen and oxygen atoms in total. The Morgan fingerprint density at radius 3 is 2.69 bits per heavy atom. The first-order valence-corrected chi connectivity index (χ1v) is 5.51. The monoisotopic (exact) mass is 211 g/mol. The molecule has 81 valence electrons. The van der Waals surface area contributed by atoms with Gasteiger partial charge < -0.3 is 5.32 Å². The van der Waals surface area contributed by atoms with Crippen LogP contribution in [0.25, 0.3) is 0 Å². The third kappa shape index (κ3) is 3.48. The highest BCUT2D eigenvalue weighted by Crippen LogP contribution is 1.98. The van der Waals surface area contributed by atoms with Gasteiger partial charge in [-0.05, 0) is 36.2 Å². The van der Waals surface area contributed by atoms with Crippen molar-refractivity contribution < 1.29 is 0 Å². The van der Waals surface area contributed by atoms with Gasteiger partial charge in [0.05, 0.1) is 6.20 Å². The van der Waals surface area contributed by atoms with E-state index < -0.39 is 0 Å². The molecule has 0 saturated carbocycles. The van der Waals surface area contributed by atoms with Gasteiger partial charge in [-0.25, -0.2) is 0 Å². The Bertz CT molecular complexity index is 356. The quantitative estimate of drug-likeness (QED) is 0.767. The first kappa shape index (κ1) is 10.8. The van der Waals surface area contributed by atoms with Gasteiger partial charge >= 0.3 is 0 Å². The molecular weight excluding hydrogens is 196 g/mol. The molecule has 1 radical (unpaired) electrons. The first-order chi connectivity index (χ1) is 7.95.